The minimum absolute atomic E-state index is 0.267. The molecule has 1 aromatic rings. The number of carbonyl (C=O) groups excluding carboxylic acids is 1. The van der Waals surface area contributed by atoms with Crippen LogP contribution in [0.2, 0.25) is 0 Å². The van der Waals surface area contributed by atoms with Crippen LogP contribution in [0.5, 0.6) is 0 Å². The van der Waals surface area contributed by atoms with Crippen molar-refractivity contribution >= 4 is 5.97 Å². The van der Waals surface area contributed by atoms with Crippen LogP contribution >= 0.6 is 0 Å². The molecule has 0 atom stereocenters. The van der Waals surface area contributed by atoms with Crippen molar-refractivity contribution in [3.8, 4) is 0 Å². The quantitative estimate of drug-likeness (QED) is 0.529. The average Bonchev–Trinajstić information content (AvgIpc) is 2.06. The minimum atomic E-state index is -0.567. The zero-order valence-corrected chi connectivity index (χ0v) is 9.30. The second-order valence-corrected chi connectivity index (χ2v) is 4.33. The molecule has 82 valence electrons. The highest BCUT2D eigenvalue weighted by Crippen LogP contribution is 2.13. The summed E-state index contributed by atoms with van der Waals surface area (Å²) < 4.78 is 18.0. The van der Waals surface area contributed by atoms with E-state index in [0.29, 0.717) is 5.56 Å². The van der Waals surface area contributed by atoms with Gasteiger partial charge in [-0.2, -0.15) is 4.39 Å². The van der Waals surface area contributed by atoms with Crippen LogP contribution in [0.15, 0.2) is 12.3 Å². The third kappa shape index (κ3) is 3.31. The van der Waals surface area contributed by atoms with Gasteiger partial charge in [-0.05, 0) is 33.8 Å². The molecule has 0 spiro atoms. The summed E-state index contributed by atoms with van der Waals surface area (Å²) in [6.07, 6.45) is 1.18. The van der Waals surface area contributed by atoms with E-state index < -0.39 is 17.5 Å². The molecule has 0 aliphatic heterocycles. The molecule has 0 saturated heterocycles. The van der Waals surface area contributed by atoms with Gasteiger partial charge in [-0.3, -0.25) is 0 Å². The first kappa shape index (κ1) is 11.6. The van der Waals surface area contributed by atoms with Crippen molar-refractivity contribution < 1.29 is 13.9 Å². The summed E-state index contributed by atoms with van der Waals surface area (Å²) in [6.45, 7) is 6.87. The van der Waals surface area contributed by atoms with Crippen LogP contribution in [0.4, 0.5) is 4.39 Å². The van der Waals surface area contributed by atoms with Crippen LogP contribution in [0.3, 0.4) is 0 Å². The molecule has 0 aliphatic rings. The first-order chi connectivity index (χ1) is 6.79. The van der Waals surface area contributed by atoms with Crippen LogP contribution in [-0.4, -0.2) is 16.6 Å². The molecule has 0 saturated carbocycles. The standard InChI is InChI=1S/C11H14FNO2/c1-7-5-8(6-13-9(7)12)10(14)15-11(2,3)4/h5-6H,1-4H3. The highest BCUT2D eigenvalue weighted by atomic mass is 19.1. The van der Waals surface area contributed by atoms with Gasteiger partial charge in [0.2, 0.25) is 5.95 Å². The lowest BCUT2D eigenvalue weighted by Crippen LogP contribution is -2.24. The predicted octanol–water partition coefficient (Wildman–Crippen LogP) is 2.48. The number of nitrogens with zero attached hydrogens (tertiary/aromatic N) is 1. The molecule has 1 aromatic heterocycles. The van der Waals surface area contributed by atoms with E-state index in [1.807, 2.05) is 0 Å². The Morgan fingerprint density at radius 2 is 2.07 bits per heavy atom. The van der Waals surface area contributed by atoms with Crippen LogP contribution in [0, 0.1) is 12.9 Å². The Kier molecular flexibility index (Phi) is 3.07. The van der Waals surface area contributed by atoms with Crippen LogP contribution in [0.25, 0.3) is 0 Å². The van der Waals surface area contributed by atoms with E-state index in [9.17, 15) is 9.18 Å². The Labute approximate surface area is 88.3 Å². The second kappa shape index (κ2) is 3.96. The Hall–Kier alpha value is -1.45. The lowest BCUT2D eigenvalue weighted by atomic mass is 10.1. The molecule has 1 heterocycles. The summed E-state index contributed by atoms with van der Waals surface area (Å²) in [4.78, 5) is 15.0. The SMILES string of the molecule is Cc1cc(C(=O)OC(C)(C)C)cnc1F. The highest BCUT2D eigenvalue weighted by Gasteiger charge is 2.18. The molecule has 15 heavy (non-hydrogen) atoms. The lowest BCUT2D eigenvalue weighted by Gasteiger charge is -2.19. The second-order valence-electron chi connectivity index (χ2n) is 4.33. The van der Waals surface area contributed by atoms with Crippen molar-refractivity contribution in [2.75, 3.05) is 0 Å². The Bertz CT molecular complexity index is 383. The van der Waals surface area contributed by atoms with Crippen molar-refractivity contribution in [2.24, 2.45) is 0 Å². The molecule has 0 N–H and O–H groups in total. The van der Waals surface area contributed by atoms with E-state index in [2.05, 4.69) is 4.98 Å². The number of hydrogen-bond acceptors (Lipinski definition) is 3. The van der Waals surface area contributed by atoms with Crippen molar-refractivity contribution in [3.63, 3.8) is 0 Å². The van der Waals surface area contributed by atoms with E-state index in [0.717, 1.165) is 0 Å². The topological polar surface area (TPSA) is 39.2 Å². The number of rotatable bonds is 1. The van der Waals surface area contributed by atoms with E-state index >= 15 is 0 Å². The summed E-state index contributed by atoms with van der Waals surface area (Å²) in [7, 11) is 0. The molecule has 0 fully saturated rings. The Morgan fingerprint density at radius 1 is 1.47 bits per heavy atom. The summed E-state index contributed by atoms with van der Waals surface area (Å²) in [5.74, 6) is -1.06. The highest BCUT2D eigenvalue weighted by molar-refractivity contribution is 5.89. The van der Waals surface area contributed by atoms with Gasteiger partial charge >= 0.3 is 5.97 Å². The van der Waals surface area contributed by atoms with Crippen LogP contribution < -0.4 is 0 Å². The molecule has 0 bridgehead atoms. The summed E-state index contributed by atoms with van der Waals surface area (Å²) >= 11 is 0. The number of halogens is 1. The van der Waals surface area contributed by atoms with E-state index in [1.54, 1.807) is 27.7 Å². The fourth-order valence-corrected chi connectivity index (χ4v) is 1.01. The first-order valence-electron chi connectivity index (χ1n) is 4.65. The average molecular weight is 211 g/mol. The molecule has 0 aliphatic carbocycles. The maximum Gasteiger partial charge on any atom is 0.340 e. The van der Waals surface area contributed by atoms with Crippen LogP contribution in [-0.2, 0) is 4.74 Å². The lowest BCUT2D eigenvalue weighted by molar-refractivity contribution is 0.00689. The maximum absolute atomic E-state index is 12.8. The molecule has 0 unspecified atom stereocenters. The van der Waals surface area contributed by atoms with Crippen molar-refractivity contribution in [2.45, 2.75) is 33.3 Å². The van der Waals surface area contributed by atoms with Gasteiger partial charge in [0.15, 0.2) is 0 Å². The number of aryl methyl sites for hydroxylation is 1. The maximum atomic E-state index is 12.8. The van der Waals surface area contributed by atoms with Gasteiger partial charge in [-0.1, -0.05) is 0 Å². The van der Waals surface area contributed by atoms with Crippen molar-refractivity contribution in [1.29, 1.82) is 0 Å². The molecule has 1 rings (SSSR count). The number of hydrogen-bond donors (Lipinski definition) is 0. The third-order valence-corrected chi connectivity index (χ3v) is 1.65. The third-order valence-electron chi connectivity index (χ3n) is 1.65. The molecular weight excluding hydrogens is 197 g/mol. The number of aromatic nitrogens is 1. The predicted molar refractivity (Wildman–Crippen MR) is 54.1 cm³/mol. The number of esters is 1. The van der Waals surface area contributed by atoms with Crippen molar-refractivity contribution in [1.82, 2.24) is 4.98 Å². The summed E-state index contributed by atoms with van der Waals surface area (Å²) in [5.41, 5.74) is 0.0431. The van der Waals surface area contributed by atoms with Gasteiger partial charge in [0.05, 0.1) is 5.56 Å². The monoisotopic (exact) mass is 211 g/mol. The fourth-order valence-electron chi connectivity index (χ4n) is 1.01. The molecule has 0 radical (unpaired) electrons. The first-order valence-corrected chi connectivity index (χ1v) is 4.65. The zero-order chi connectivity index (χ0) is 11.6. The van der Waals surface area contributed by atoms with Gasteiger partial charge in [0, 0.05) is 11.8 Å². The Morgan fingerprint density at radius 3 is 2.53 bits per heavy atom. The molecule has 0 amide bonds. The van der Waals surface area contributed by atoms with E-state index in [4.69, 9.17) is 4.74 Å². The van der Waals surface area contributed by atoms with Gasteiger partial charge in [-0.25, -0.2) is 9.78 Å². The number of pyridine rings is 1. The molecule has 0 aromatic carbocycles. The van der Waals surface area contributed by atoms with E-state index in [-0.39, 0.29) is 5.56 Å². The van der Waals surface area contributed by atoms with Gasteiger partial charge in [-0.15, -0.1) is 0 Å². The fraction of sp³-hybridized carbons (Fsp3) is 0.455. The summed E-state index contributed by atoms with van der Waals surface area (Å²) in [5, 5.41) is 0. The molecule has 4 heteroatoms. The largest absolute Gasteiger partial charge is 0.456 e. The minimum Gasteiger partial charge on any atom is -0.456 e. The number of ether oxygens (including phenoxy) is 1. The van der Waals surface area contributed by atoms with Gasteiger partial charge in [0.25, 0.3) is 0 Å². The van der Waals surface area contributed by atoms with Gasteiger partial charge in [0.1, 0.15) is 5.60 Å². The molecule has 3 nitrogen and oxygen atoms in total. The number of carbonyl (C=O) groups is 1. The van der Waals surface area contributed by atoms with E-state index in [1.165, 1.54) is 12.3 Å². The zero-order valence-electron chi connectivity index (χ0n) is 9.30. The Balaban J connectivity index is 2.88. The van der Waals surface area contributed by atoms with Crippen molar-refractivity contribution in [3.05, 3.63) is 29.3 Å². The van der Waals surface area contributed by atoms with Crippen LogP contribution in [0.1, 0.15) is 36.7 Å². The molecular formula is C11H14FNO2. The smallest absolute Gasteiger partial charge is 0.340 e. The summed E-state index contributed by atoms with van der Waals surface area (Å²) in [6, 6.07) is 1.43. The van der Waals surface area contributed by atoms with Gasteiger partial charge < -0.3 is 4.74 Å². The normalized spacial score (nSPS) is 11.3.